The van der Waals surface area contributed by atoms with Crippen LogP contribution in [0.2, 0.25) is 0 Å². The average Bonchev–Trinajstić information content (AvgIpc) is 2.75. The van der Waals surface area contributed by atoms with Crippen LogP contribution in [0.5, 0.6) is 0 Å². The van der Waals surface area contributed by atoms with E-state index in [1.54, 1.807) is 0 Å². The Morgan fingerprint density at radius 1 is 1.50 bits per heavy atom. The molecule has 1 aromatic rings. The maximum atomic E-state index is 4.39. The predicted octanol–water partition coefficient (Wildman–Crippen LogP) is 2.56. The lowest BCUT2D eigenvalue weighted by molar-refractivity contribution is 0.466. The molecule has 0 unspecified atom stereocenters. The van der Waals surface area contributed by atoms with Gasteiger partial charge in [-0.1, -0.05) is 19.8 Å². The van der Waals surface area contributed by atoms with Crippen molar-refractivity contribution in [2.75, 3.05) is 0 Å². The Bertz CT molecular complexity index is 246. The van der Waals surface area contributed by atoms with Crippen molar-refractivity contribution in [2.45, 2.75) is 45.1 Å². The number of aromatic nitrogens is 2. The van der Waals surface area contributed by atoms with Gasteiger partial charge in [-0.3, -0.25) is 4.68 Å². The number of hydrogen-bond donors (Lipinski definition) is 0. The summed E-state index contributed by atoms with van der Waals surface area (Å²) in [7, 11) is 0. The molecule has 2 heteroatoms. The Labute approximate surface area is 73.6 Å². The van der Waals surface area contributed by atoms with Gasteiger partial charge in [0.25, 0.3) is 0 Å². The monoisotopic (exact) mass is 164 g/mol. The lowest BCUT2D eigenvalue weighted by atomic mass is 10.2. The highest BCUT2D eigenvalue weighted by Crippen LogP contribution is 2.28. The summed E-state index contributed by atoms with van der Waals surface area (Å²) in [4.78, 5) is 0. The van der Waals surface area contributed by atoms with E-state index in [0.29, 0.717) is 6.04 Å². The standard InChI is InChI=1S/C10H16N2/c1-2-9-7-11-12(8-9)10-5-3-4-6-10/h7-8,10H,2-6H2,1H3. The number of aryl methyl sites for hydroxylation is 1. The molecule has 2 rings (SSSR count). The first-order valence-corrected chi connectivity index (χ1v) is 4.93. The van der Waals surface area contributed by atoms with Gasteiger partial charge in [0, 0.05) is 6.20 Å². The molecule has 12 heavy (non-hydrogen) atoms. The molecule has 1 fully saturated rings. The fraction of sp³-hybridized carbons (Fsp3) is 0.700. The largest absolute Gasteiger partial charge is 0.269 e. The van der Waals surface area contributed by atoms with Crippen LogP contribution in [-0.4, -0.2) is 9.78 Å². The van der Waals surface area contributed by atoms with Crippen molar-refractivity contribution in [2.24, 2.45) is 0 Å². The molecule has 0 saturated heterocycles. The minimum atomic E-state index is 0.699. The van der Waals surface area contributed by atoms with Crippen molar-refractivity contribution in [3.8, 4) is 0 Å². The van der Waals surface area contributed by atoms with Crippen LogP contribution < -0.4 is 0 Å². The van der Waals surface area contributed by atoms with Crippen LogP contribution >= 0.6 is 0 Å². The van der Waals surface area contributed by atoms with Gasteiger partial charge in [0.2, 0.25) is 0 Å². The van der Waals surface area contributed by atoms with E-state index in [2.05, 4.69) is 22.9 Å². The molecule has 1 aliphatic carbocycles. The highest BCUT2D eigenvalue weighted by molar-refractivity contribution is 5.03. The summed E-state index contributed by atoms with van der Waals surface area (Å²) < 4.78 is 2.16. The summed E-state index contributed by atoms with van der Waals surface area (Å²) in [5.74, 6) is 0. The lowest BCUT2D eigenvalue weighted by Crippen LogP contribution is -2.04. The summed E-state index contributed by atoms with van der Waals surface area (Å²) in [6.45, 7) is 2.18. The molecule has 0 aromatic carbocycles. The van der Waals surface area contributed by atoms with Crippen LogP contribution in [0.15, 0.2) is 12.4 Å². The average molecular weight is 164 g/mol. The van der Waals surface area contributed by atoms with Crippen LogP contribution in [0.3, 0.4) is 0 Å². The van der Waals surface area contributed by atoms with Crippen LogP contribution in [0.25, 0.3) is 0 Å². The zero-order valence-corrected chi connectivity index (χ0v) is 7.66. The first-order valence-electron chi connectivity index (χ1n) is 4.93. The summed E-state index contributed by atoms with van der Waals surface area (Å²) in [5.41, 5.74) is 1.36. The highest BCUT2D eigenvalue weighted by Gasteiger charge is 2.16. The third-order valence-corrected chi connectivity index (χ3v) is 2.76. The molecular weight excluding hydrogens is 148 g/mol. The molecule has 0 aliphatic heterocycles. The molecule has 66 valence electrons. The zero-order valence-electron chi connectivity index (χ0n) is 7.66. The Hall–Kier alpha value is -0.790. The predicted molar refractivity (Wildman–Crippen MR) is 49.1 cm³/mol. The van der Waals surface area contributed by atoms with Crippen LogP contribution in [-0.2, 0) is 6.42 Å². The maximum Gasteiger partial charge on any atom is 0.0521 e. The van der Waals surface area contributed by atoms with Crippen molar-refractivity contribution in [3.63, 3.8) is 0 Å². The Morgan fingerprint density at radius 2 is 2.25 bits per heavy atom. The second-order valence-electron chi connectivity index (χ2n) is 3.62. The van der Waals surface area contributed by atoms with E-state index in [0.717, 1.165) is 6.42 Å². The molecule has 0 N–H and O–H groups in total. The quantitative estimate of drug-likeness (QED) is 0.657. The minimum absolute atomic E-state index is 0.699. The topological polar surface area (TPSA) is 17.8 Å². The molecule has 2 nitrogen and oxygen atoms in total. The van der Waals surface area contributed by atoms with Crippen molar-refractivity contribution >= 4 is 0 Å². The molecule has 0 bridgehead atoms. The van der Waals surface area contributed by atoms with Crippen molar-refractivity contribution in [1.29, 1.82) is 0 Å². The fourth-order valence-electron chi connectivity index (χ4n) is 1.93. The third kappa shape index (κ3) is 1.38. The lowest BCUT2D eigenvalue weighted by Gasteiger charge is -2.08. The smallest absolute Gasteiger partial charge is 0.0521 e. The second kappa shape index (κ2) is 3.30. The minimum Gasteiger partial charge on any atom is -0.269 e. The molecule has 0 atom stereocenters. The van der Waals surface area contributed by atoms with Crippen LogP contribution in [0, 0.1) is 0 Å². The fourth-order valence-corrected chi connectivity index (χ4v) is 1.93. The number of nitrogens with zero attached hydrogens (tertiary/aromatic N) is 2. The van der Waals surface area contributed by atoms with E-state index in [-0.39, 0.29) is 0 Å². The highest BCUT2D eigenvalue weighted by atomic mass is 15.3. The van der Waals surface area contributed by atoms with Gasteiger partial charge in [0.15, 0.2) is 0 Å². The molecule has 1 saturated carbocycles. The van der Waals surface area contributed by atoms with Crippen molar-refractivity contribution in [3.05, 3.63) is 18.0 Å². The van der Waals surface area contributed by atoms with E-state index >= 15 is 0 Å². The van der Waals surface area contributed by atoms with E-state index < -0.39 is 0 Å². The molecular formula is C10H16N2. The van der Waals surface area contributed by atoms with E-state index in [1.165, 1.54) is 31.2 Å². The second-order valence-corrected chi connectivity index (χ2v) is 3.62. The summed E-state index contributed by atoms with van der Waals surface area (Å²) in [6, 6.07) is 0.699. The Balaban J connectivity index is 2.11. The Kier molecular flexibility index (Phi) is 2.15. The van der Waals surface area contributed by atoms with Gasteiger partial charge in [-0.05, 0) is 24.8 Å². The van der Waals surface area contributed by atoms with Gasteiger partial charge in [-0.15, -0.1) is 0 Å². The molecule has 0 amide bonds. The van der Waals surface area contributed by atoms with Gasteiger partial charge in [0.05, 0.1) is 12.2 Å². The van der Waals surface area contributed by atoms with Gasteiger partial charge in [0.1, 0.15) is 0 Å². The maximum absolute atomic E-state index is 4.39. The van der Waals surface area contributed by atoms with Gasteiger partial charge in [-0.2, -0.15) is 5.10 Å². The van der Waals surface area contributed by atoms with Gasteiger partial charge < -0.3 is 0 Å². The molecule has 0 spiro atoms. The summed E-state index contributed by atoms with van der Waals surface area (Å²) in [5, 5.41) is 4.39. The SMILES string of the molecule is CCc1cnn(C2CCCC2)c1. The summed E-state index contributed by atoms with van der Waals surface area (Å²) in [6.07, 6.45) is 10.7. The van der Waals surface area contributed by atoms with Crippen molar-refractivity contribution < 1.29 is 0 Å². The van der Waals surface area contributed by atoms with Crippen LogP contribution in [0.4, 0.5) is 0 Å². The van der Waals surface area contributed by atoms with Crippen LogP contribution in [0.1, 0.15) is 44.2 Å². The molecule has 1 aromatic heterocycles. The normalized spacial score (nSPS) is 18.8. The number of hydrogen-bond acceptors (Lipinski definition) is 1. The summed E-state index contributed by atoms with van der Waals surface area (Å²) >= 11 is 0. The van der Waals surface area contributed by atoms with E-state index in [9.17, 15) is 0 Å². The van der Waals surface area contributed by atoms with Gasteiger partial charge in [-0.25, -0.2) is 0 Å². The molecule has 1 heterocycles. The van der Waals surface area contributed by atoms with E-state index in [1.807, 2.05) is 6.20 Å². The molecule has 1 aliphatic rings. The Morgan fingerprint density at radius 3 is 2.83 bits per heavy atom. The first-order chi connectivity index (χ1) is 5.90. The first kappa shape index (κ1) is 7.84. The van der Waals surface area contributed by atoms with Gasteiger partial charge >= 0.3 is 0 Å². The zero-order chi connectivity index (χ0) is 8.39. The van der Waals surface area contributed by atoms with Crippen molar-refractivity contribution in [1.82, 2.24) is 9.78 Å². The molecule has 0 radical (unpaired) electrons. The third-order valence-electron chi connectivity index (χ3n) is 2.76. The van der Waals surface area contributed by atoms with E-state index in [4.69, 9.17) is 0 Å². The number of rotatable bonds is 2.